The molecule has 0 bridgehead atoms. The first-order valence-corrected chi connectivity index (χ1v) is 9.97. The predicted molar refractivity (Wildman–Crippen MR) is 112 cm³/mol. The average Bonchev–Trinajstić information content (AvgIpc) is 2.73. The van der Waals surface area contributed by atoms with Crippen LogP contribution in [0.1, 0.15) is 16.7 Å². The summed E-state index contributed by atoms with van der Waals surface area (Å²) < 4.78 is 24.2. The molecule has 1 fully saturated rings. The Balaban J connectivity index is 1.42. The number of fused-ring (bicyclic) bond motifs is 1. The third-order valence-corrected chi connectivity index (χ3v) is 5.70. The van der Waals surface area contributed by atoms with E-state index in [1.807, 2.05) is 6.07 Å². The van der Waals surface area contributed by atoms with Gasteiger partial charge in [-0.25, -0.2) is 9.18 Å². The van der Waals surface area contributed by atoms with Crippen molar-refractivity contribution < 1.29 is 18.7 Å². The van der Waals surface area contributed by atoms with Gasteiger partial charge >= 0.3 is 5.63 Å². The number of hydrogen-bond donors (Lipinski definition) is 1. The maximum absolute atomic E-state index is 13.9. The first kappa shape index (κ1) is 20.4. The number of hydrogen-bond acceptors (Lipinski definition) is 6. The number of halogens is 1. The van der Waals surface area contributed by atoms with Gasteiger partial charge in [0.1, 0.15) is 11.3 Å². The predicted octanol–water partition coefficient (Wildman–Crippen LogP) is 3.27. The third kappa shape index (κ3) is 4.17. The Kier molecular flexibility index (Phi) is 5.74. The number of phenolic OH excluding ortho intramolecular Hbond substituents is 1. The number of methoxy groups -OCH3 is 1. The second-order valence-electron chi connectivity index (χ2n) is 7.70. The molecule has 0 radical (unpaired) electrons. The van der Waals surface area contributed by atoms with Crippen molar-refractivity contribution in [1.82, 2.24) is 9.80 Å². The monoisotopic (exact) mass is 412 g/mol. The maximum atomic E-state index is 13.9. The standard InChI is InChI=1S/C23H25FN2O4/c1-15-20(27)5-4-18-17(12-22(28)30-23(15)18)14-26-9-7-25(8-10-26)13-16-3-6-21(29-2)19(24)11-16/h3-6,11-12,27H,7-10,13-14H2,1-2H3. The van der Waals surface area contributed by atoms with Gasteiger partial charge in [0, 0.05) is 56.3 Å². The van der Waals surface area contributed by atoms with E-state index in [1.165, 1.54) is 19.2 Å². The van der Waals surface area contributed by atoms with E-state index in [4.69, 9.17) is 9.15 Å². The van der Waals surface area contributed by atoms with E-state index in [9.17, 15) is 14.3 Å². The zero-order chi connectivity index (χ0) is 21.3. The number of phenols is 1. The van der Waals surface area contributed by atoms with Crippen molar-refractivity contribution in [2.24, 2.45) is 0 Å². The molecule has 0 atom stereocenters. The molecule has 1 aromatic heterocycles. The van der Waals surface area contributed by atoms with Crippen LogP contribution in [-0.4, -0.2) is 48.2 Å². The molecule has 0 unspecified atom stereocenters. The minimum absolute atomic E-state index is 0.117. The van der Waals surface area contributed by atoms with Crippen LogP contribution in [0.2, 0.25) is 0 Å². The van der Waals surface area contributed by atoms with E-state index in [0.717, 1.165) is 42.7 Å². The topological polar surface area (TPSA) is 66.2 Å². The minimum atomic E-state index is -0.411. The Hall–Kier alpha value is -2.90. The number of ether oxygens (including phenoxy) is 1. The van der Waals surface area contributed by atoms with Crippen LogP contribution in [0.15, 0.2) is 45.6 Å². The molecule has 1 aliphatic heterocycles. The van der Waals surface area contributed by atoms with E-state index in [0.29, 0.717) is 24.2 Å². The molecule has 3 aromatic rings. The molecule has 1 aliphatic rings. The van der Waals surface area contributed by atoms with Crippen molar-refractivity contribution in [3.05, 3.63) is 69.3 Å². The number of piperazine rings is 1. The van der Waals surface area contributed by atoms with Crippen molar-refractivity contribution in [2.45, 2.75) is 20.0 Å². The third-order valence-electron chi connectivity index (χ3n) is 5.70. The molecule has 2 aromatic carbocycles. The Morgan fingerprint density at radius 3 is 2.43 bits per heavy atom. The van der Waals surface area contributed by atoms with Crippen LogP contribution in [0.25, 0.3) is 11.0 Å². The van der Waals surface area contributed by atoms with Gasteiger partial charge in [-0.05, 0) is 42.3 Å². The summed E-state index contributed by atoms with van der Waals surface area (Å²) in [6, 6.07) is 10.0. The van der Waals surface area contributed by atoms with E-state index in [-0.39, 0.29) is 17.3 Å². The summed E-state index contributed by atoms with van der Waals surface area (Å²) in [7, 11) is 1.46. The Morgan fingerprint density at radius 1 is 1.07 bits per heavy atom. The van der Waals surface area contributed by atoms with Crippen LogP contribution >= 0.6 is 0 Å². The first-order valence-electron chi connectivity index (χ1n) is 9.97. The SMILES string of the molecule is COc1ccc(CN2CCN(Cc3cc(=O)oc4c(C)c(O)ccc34)CC2)cc1F. The zero-order valence-corrected chi connectivity index (χ0v) is 17.2. The molecule has 7 heteroatoms. The summed E-state index contributed by atoms with van der Waals surface area (Å²) in [6.07, 6.45) is 0. The van der Waals surface area contributed by atoms with Crippen molar-refractivity contribution in [1.29, 1.82) is 0 Å². The Bertz CT molecular complexity index is 1120. The summed E-state index contributed by atoms with van der Waals surface area (Å²) in [5, 5.41) is 10.8. The van der Waals surface area contributed by atoms with Crippen LogP contribution in [-0.2, 0) is 13.1 Å². The summed E-state index contributed by atoms with van der Waals surface area (Å²) in [5.41, 5.74) is 2.42. The molecule has 0 amide bonds. The molecule has 30 heavy (non-hydrogen) atoms. The van der Waals surface area contributed by atoms with E-state index < -0.39 is 5.63 Å². The van der Waals surface area contributed by atoms with Gasteiger partial charge < -0.3 is 14.3 Å². The van der Waals surface area contributed by atoms with Crippen molar-refractivity contribution in [2.75, 3.05) is 33.3 Å². The normalized spacial score (nSPS) is 15.6. The van der Waals surface area contributed by atoms with Gasteiger partial charge in [-0.3, -0.25) is 9.80 Å². The smallest absolute Gasteiger partial charge is 0.336 e. The van der Waals surface area contributed by atoms with Gasteiger partial charge in [-0.2, -0.15) is 0 Å². The lowest BCUT2D eigenvalue weighted by Gasteiger charge is -2.34. The molecular weight excluding hydrogens is 387 g/mol. The number of aryl methyl sites for hydroxylation is 1. The van der Waals surface area contributed by atoms with Gasteiger partial charge in [0.2, 0.25) is 0 Å². The van der Waals surface area contributed by atoms with Gasteiger partial charge in [0.15, 0.2) is 11.6 Å². The zero-order valence-electron chi connectivity index (χ0n) is 17.2. The quantitative estimate of drug-likeness (QED) is 0.649. The fraction of sp³-hybridized carbons (Fsp3) is 0.348. The van der Waals surface area contributed by atoms with Crippen LogP contribution in [0.4, 0.5) is 4.39 Å². The fourth-order valence-corrected chi connectivity index (χ4v) is 3.96. The van der Waals surface area contributed by atoms with Gasteiger partial charge in [-0.15, -0.1) is 0 Å². The molecule has 0 spiro atoms. The fourth-order valence-electron chi connectivity index (χ4n) is 3.96. The number of aromatic hydroxyl groups is 1. The molecule has 1 N–H and O–H groups in total. The first-order chi connectivity index (χ1) is 14.4. The minimum Gasteiger partial charge on any atom is -0.508 e. The molecule has 4 rings (SSSR count). The largest absolute Gasteiger partial charge is 0.508 e. The lowest BCUT2D eigenvalue weighted by molar-refractivity contribution is 0.122. The van der Waals surface area contributed by atoms with Gasteiger partial charge in [0.05, 0.1) is 7.11 Å². The number of rotatable bonds is 5. The molecule has 6 nitrogen and oxygen atoms in total. The van der Waals surface area contributed by atoms with E-state index in [1.54, 1.807) is 25.1 Å². The highest BCUT2D eigenvalue weighted by atomic mass is 19.1. The van der Waals surface area contributed by atoms with Gasteiger partial charge in [0.25, 0.3) is 0 Å². The molecule has 1 saturated heterocycles. The lowest BCUT2D eigenvalue weighted by atomic mass is 10.1. The molecule has 0 saturated carbocycles. The van der Waals surface area contributed by atoms with Crippen LogP contribution in [0.3, 0.4) is 0 Å². The average molecular weight is 412 g/mol. The van der Waals surface area contributed by atoms with Crippen molar-refractivity contribution >= 4 is 11.0 Å². The Labute approximate surface area is 174 Å². The molecule has 158 valence electrons. The Morgan fingerprint density at radius 2 is 1.77 bits per heavy atom. The summed E-state index contributed by atoms with van der Waals surface area (Å²) >= 11 is 0. The van der Waals surface area contributed by atoms with Gasteiger partial charge in [-0.1, -0.05) is 6.07 Å². The lowest BCUT2D eigenvalue weighted by Crippen LogP contribution is -2.45. The van der Waals surface area contributed by atoms with Crippen molar-refractivity contribution in [3.8, 4) is 11.5 Å². The van der Waals surface area contributed by atoms with Crippen LogP contribution in [0.5, 0.6) is 11.5 Å². The van der Waals surface area contributed by atoms with E-state index in [2.05, 4.69) is 9.80 Å². The molecule has 0 aliphatic carbocycles. The van der Waals surface area contributed by atoms with Crippen LogP contribution in [0, 0.1) is 12.7 Å². The van der Waals surface area contributed by atoms with Crippen LogP contribution < -0.4 is 10.4 Å². The van der Waals surface area contributed by atoms with Crippen molar-refractivity contribution in [3.63, 3.8) is 0 Å². The summed E-state index contributed by atoms with van der Waals surface area (Å²) in [5.74, 6) is 0.0304. The highest BCUT2D eigenvalue weighted by molar-refractivity contribution is 5.84. The summed E-state index contributed by atoms with van der Waals surface area (Å²) in [4.78, 5) is 16.6. The molecule has 2 heterocycles. The summed E-state index contributed by atoms with van der Waals surface area (Å²) in [6.45, 7) is 6.46. The molecular formula is C23H25FN2O4. The highest BCUT2D eigenvalue weighted by Crippen LogP contribution is 2.28. The maximum Gasteiger partial charge on any atom is 0.336 e. The second-order valence-corrected chi connectivity index (χ2v) is 7.70. The number of nitrogens with zero attached hydrogens (tertiary/aromatic N) is 2. The number of benzene rings is 2. The second kappa shape index (κ2) is 8.45. The highest BCUT2D eigenvalue weighted by Gasteiger charge is 2.19. The van der Waals surface area contributed by atoms with E-state index >= 15 is 0 Å².